The molecule has 1 N–H and O–H groups in total. The van der Waals surface area contributed by atoms with Crippen LogP contribution in [0.1, 0.15) is 36.0 Å². The molecular weight excluding hydrogens is 138 g/mol. The Hall–Kier alpha value is -0.530. The molecule has 0 fully saturated rings. The van der Waals surface area contributed by atoms with Crippen molar-refractivity contribution in [3.63, 3.8) is 0 Å². The average Bonchev–Trinajstić information content (AvgIpc) is 1.80. The Bertz CT molecular complexity index is 138. The van der Waals surface area contributed by atoms with E-state index in [1.165, 1.54) is 0 Å². The van der Waals surface area contributed by atoms with Gasteiger partial charge in [-0.2, -0.15) is 0 Å². The number of nitrogens with one attached hydrogen (secondary N) is 1. The molecule has 0 bridgehead atoms. The van der Waals surface area contributed by atoms with Crippen molar-refractivity contribution in [3.8, 4) is 0 Å². The van der Waals surface area contributed by atoms with Crippen molar-refractivity contribution in [2.75, 3.05) is 6.54 Å². The van der Waals surface area contributed by atoms with Crippen LogP contribution in [-0.4, -0.2) is 12.5 Å². The Morgan fingerprint density at radius 3 is 2.18 bits per heavy atom. The molecule has 0 aromatic rings. The lowest BCUT2D eigenvalue weighted by atomic mass is 9.95. The molecule has 0 aliphatic carbocycles. The average molecular weight is 159 g/mol. The summed E-state index contributed by atoms with van der Waals surface area (Å²) < 4.78 is 0. The molecule has 0 aromatic heterocycles. The molecule has 0 heterocycles. The SMILES string of the molecule is CC(C)CNC(=O)C(C)(C)C.[HH]. The highest BCUT2D eigenvalue weighted by Gasteiger charge is 2.20. The van der Waals surface area contributed by atoms with Gasteiger partial charge in [-0.25, -0.2) is 0 Å². The first-order chi connectivity index (χ1) is 4.84. The van der Waals surface area contributed by atoms with E-state index in [9.17, 15) is 4.79 Å². The summed E-state index contributed by atoms with van der Waals surface area (Å²) in [4.78, 5) is 11.3. The topological polar surface area (TPSA) is 29.1 Å². The van der Waals surface area contributed by atoms with Gasteiger partial charge in [-0.3, -0.25) is 4.79 Å². The minimum atomic E-state index is -0.255. The third-order valence-electron chi connectivity index (χ3n) is 1.35. The first-order valence-corrected chi connectivity index (χ1v) is 4.12. The molecule has 0 saturated carbocycles. The summed E-state index contributed by atoms with van der Waals surface area (Å²) in [7, 11) is 0. The highest BCUT2D eigenvalue weighted by molar-refractivity contribution is 5.81. The van der Waals surface area contributed by atoms with Gasteiger partial charge in [0.25, 0.3) is 0 Å². The number of hydrogen-bond donors (Lipinski definition) is 1. The van der Waals surface area contributed by atoms with E-state index in [2.05, 4.69) is 19.2 Å². The van der Waals surface area contributed by atoms with Crippen LogP contribution >= 0.6 is 0 Å². The summed E-state index contributed by atoms with van der Waals surface area (Å²) in [5.41, 5.74) is -0.255. The first kappa shape index (κ1) is 10.5. The van der Waals surface area contributed by atoms with Crippen molar-refractivity contribution in [1.29, 1.82) is 0 Å². The largest absolute Gasteiger partial charge is 0.355 e. The fourth-order valence-electron chi connectivity index (χ4n) is 0.562. The van der Waals surface area contributed by atoms with Crippen molar-refractivity contribution < 1.29 is 6.22 Å². The van der Waals surface area contributed by atoms with Crippen LogP contribution in [0.3, 0.4) is 0 Å². The maximum atomic E-state index is 11.3. The van der Waals surface area contributed by atoms with Crippen molar-refractivity contribution in [2.45, 2.75) is 34.6 Å². The van der Waals surface area contributed by atoms with Crippen LogP contribution in [0.5, 0.6) is 0 Å². The highest BCUT2D eigenvalue weighted by Crippen LogP contribution is 2.12. The quantitative estimate of drug-likeness (QED) is 0.656. The lowest BCUT2D eigenvalue weighted by Gasteiger charge is -2.18. The fourth-order valence-corrected chi connectivity index (χ4v) is 0.562. The lowest BCUT2D eigenvalue weighted by Crippen LogP contribution is -2.36. The van der Waals surface area contributed by atoms with Crippen molar-refractivity contribution in [3.05, 3.63) is 0 Å². The molecule has 1 amide bonds. The summed E-state index contributed by atoms with van der Waals surface area (Å²) in [5.74, 6) is 0.660. The van der Waals surface area contributed by atoms with Crippen molar-refractivity contribution in [1.82, 2.24) is 5.32 Å². The maximum Gasteiger partial charge on any atom is 0.225 e. The van der Waals surface area contributed by atoms with Crippen LogP contribution in [0.15, 0.2) is 0 Å². The minimum Gasteiger partial charge on any atom is -0.355 e. The van der Waals surface area contributed by atoms with Gasteiger partial charge in [-0.1, -0.05) is 34.6 Å². The molecule has 0 aliphatic rings. The summed E-state index contributed by atoms with van der Waals surface area (Å²) in [5, 5.41) is 2.88. The van der Waals surface area contributed by atoms with E-state index >= 15 is 0 Å². The second-order valence-corrected chi connectivity index (χ2v) is 4.35. The van der Waals surface area contributed by atoms with Gasteiger partial charge in [-0.05, 0) is 5.92 Å². The molecule has 2 heteroatoms. The van der Waals surface area contributed by atoms with Gasteiger partial charge in [0.05, 0.1) is 0 Å². The predicted molar refractivity (Wildman–Crippen MR) is 49.4 cm³/mol. The molecule has 0 radical (unpaired) electrons. The lowest BCUT2D eigenvalue weighted by molar-refractivity contribution is -0.128. The molecule has 2 nitrogen and oxygen atoms in total. The first-order valence-electron chi connectivity index (χ1n) is 4.12. The maximum absolute atomic E-state index is 11.3. The van der Waals surface area contributed by atoms with Crippen molar-refractivity contribution in [2.24, 2.45) is 11.3 Å². The second kappa shape index (κ2) is 3.74. The van der Waals surface area contributed by atoms with Crippen LogP contribution in [0, 0.1) is 11.3 Å². The molecule has 0 atom stereocenters. The molecule has 0 spiro atoms. The third kappa shape index (κ3) is 4.82. The van der Waals surface area contributed by atoms with Gasteiger partial charge < -0.3 is 5.32 Å². The fraction of sp³-hybridized carbons (Fsp3) is 0.889. The molecular formula is C9H21NO. The van der Waals surface area contributed by atoms with Crippen LogP contribution in [0.2, 0.25) is 0 Å². The van der Waals surface area contributed by atoms with E-state index in [4.69, 9.17) is 0 Å². The zero-order chi connectivity index (χ0) is 9.07. The van der Waals surface area contributed by atoms with Gasteiger partial charge in [0.1, 0.15) is 0 Å². The number of carbonyl (C=O) groups excluding carboxylic acids is 1. The third-order valence-corrected chi connectivity index (χ3v) is 1.35. The Morgan fingerprint density at radius 2 is 1.91 bits per heavy atom. The van der Waals surface area contributed by atoms with Crippen LogP contribution in [0.4, 0.5) is 0 Å². The molecule has 11 heavy (non-hydrogen) atoms. The number of rotatable bonds is 2. The van der Waals surface area contributed by atoms with E-state index in [-0.39, 0.29) is 12.7 Å². The normalized spacial score (nSPS) is 11.8. The molecule has 0 saturated heterocycles. The summed E-state index contributed by atoms with van der Waals surface area (Å²) in [6.45, 7) is 10.7. The molecule has 68 valence electrons. The molecule has 0 aliphatic heterocycles. The smallest absolute Gasteiger partial charge is 0.225 e. The van der Waals surface area contributed by atoms with Gasteiger partial charge in [0.15, 0.2) is 0 Å². The molecule has 0 unspecified atom stereocenters. The monoisotopic (exact) mass is 159 g/mol. The number of carbonyl (C=O) groups is 1. The van der Waals surface area contributed by atoms with Crippen molar-refractivity contribution >= 4 is 5.91 Å². The minimum absolute atomic E-state index is 0. The molecule has 0 rings (SSSR count). The standard InChI is InChI=1S/C9H19NO.H2/c1-7(2)6-10-8(11)9(3,4)5;/h7H,6H2,1-5H3,(H,10,11);1H. The predicted octanol–water partition coefficient (Wildman–Crippen LogP) is 2.05. The Kier molecular flexibility index (Phi) is 3.56. The van der Waals surface area contributed by atoms with E-state index in [0.29, 0.717) is 5.92 Å². The molecule has 0 aromatic carbocycles. The highest BCUT2D eigenvalue weighted by atomic mass is 16.2. The summed E-state index contributed by atoms with van der Waals surface area (Å²) in [6.07, 6.45) is 0. The Labute approximate surface area is 70.9 Å². The van der Waals surface area contributed by atoms with E-state index in [1.54, 1.807) is 0 Å². The second-order valence-electron chi connectivity index (χ2n) is 4.35. The zero-order valence-electron chi connectivity index (χ0n) is 8.19. The summed E-state index contributed by atoms with van der Waals surface area (Å²) >= 11 is 0. The van der Waals surface area contributed by atoms with Crippen LogP contribution < -0.4 is 5.32 Å². The van der Waals surface area contributed by atoms with E-state index in [1.807, 2.05) is 20.8 Å². The van der Waals surface area contributed by atoms with Crippen LogP contribution in [-0.2, 0) is 4.79 Å². The Morgan fingerprint density at radius 1 is 1.45 bits per heavy atom. The number of hydrogen-bond acceptors (Lipinski definition) is 1. The van der Waals surface area contributed by atoms with Gasteiger partial charge in [-0.15, -0.1) is 0 Å². The van der Waals surface area contributed by atoms with E-state index in [0.717, 1.165) is 6.54 Å². The Balaban J connectivity index is 0. The van der Waals surface area contributed by atoms with Gasteiger partial charge in [0.2, 0.25) is 5.91 Å². The zero-order valence-corrected chi connectivity index (χ0v) is 8.19. The van der Waals surface area contributed by atoms with Crippen LogP contribution in [0.25, 0.3) is 0 Å². The van der Waals surface area contributed by atoms with Gasteiger partial charge in [0, 0.05) is 13.4 Å². The van der Waals surface area contributed by atoms with Gasteiger partial charge >= 0.3 is 0 Å². The summed E-state index contributed by atoms with van der Waals surface area (Å²) in [6, 6.07) is 0. The number of amides is 1. The van der Waals surface area contributed by atoms with E-state index < -0.39 is 0 Å².